The summed E-state index contributed by atoms with van der Waals surface area (Å²) in [6.45, 7) is 5.61. The van der Waals surface area contributed by atoms with Crippen LogP contribution in [0.2, 0.25) is 0 Å². The highest BCUT2D eigenvalue weighted by Gasteiger charge is 2.53. The molecule has 0 radical (unpaired) electrons. The lowest BCUT2D eigenvalue weighted by molar-refractivity contribution is -0.354. The molecule has 2 N–H and O–H groups in total. The minimum atomic E-state index is -1.59. The molecule has 0 spiro atoms. The Hall–Kier alpha value is -2.36. The number of hydrogen-bond acceptors (Lipinski definition) is 14. The summed E-state index contributed by atoms with van der Waals surface area (Å²) in [6, 6.07) is 0. The van der Waals surface area contributed by atoms with Crippen molar-refractivity contribution in [3.63, 3.8) is 0 Å². The predicted molar refractivity (Wildman–Crippen MR) is 115 cm³/mol. The van der Waals surface area contributed by atoms with Crippen molar-refractivity contribution in [2.45, 2.75) is 89.9 Å². The molecule has 2 rings (SSSR count). The predicted octanol–water partition coefficient (Wildman–Crippen LogP) is -1.18. The molecule has 0 aromatic carbocycles. The van der Waals surface area contributed by atoms with Crippen LogP contribution in [-0.2, 0) is 57.1 Å². The third-order valence-corrected chi connectivity index (χ3v) is 5.69. The first-order chi connectivity index (χ1) is 16.8. The van der Waals surface area contributed by atoms with Gasteiger partial charge in [0, 0.05) is 40.7 Å². The van der Waals surface area contributed by atoms with Crippen molar-refractivity contribution in [2.75, 3.05) is 20.3 Å². The Kier molecular flexibility index (Phi) is 11.0. The second-order valence-electron chi connectivity index (χ2n) is 8.52. The Morgan fingerprint density at radius 3 is 1.64 bits per heavy atom. The quantitative estimate of drug-likeness (QED) is 0.272. The van der Waals surface area contributed by atoms with Crippen molar-refractivity contribution in [3.8, 4) is 0 Å². The number of ether oxygens (including phenoxy) is 8. The van der Waals surface area contributed by atoms with Crippen LogP contribution in [0.4, 0.5) is 0 Å². The van der Waals surface area contributed by atoms with Gasteiger partial charge in [-0.2, -0.15) is 0 Å². The first-order valence-corrected chi connectivity index (χ1v) is 11.3. The van der Waals surface area contributed by atoms with Crippen molar-refractivity contribution < 1.29 is 67.3 Å². The van der Waals surface area contributed by atoms with Gasteiger partial charge in [0.25, 0.3) is 0 Å². The van der Waals surface area contributed by atoms with Crippen molar-refractivity contribution in [1.29, 1.82) is 0 Å². The molecule has 0 bridgehead atoms. The van der Waals surface area contributed by atoms with E-state index in [9.17, 15) is 29.4 Å². The molecule has 206 valence electrons. The molecule has 0 aromatic heterocycles. The van der Waals surface area contributed by atoms with E-state index in [4.69, 9.17) is 37.9 Å². The molecule has 2 aliphatic rings. The highest BCUT2D eigenvalue weighted by molar-refractivity contribution is 5.67. The number of carbonyl (C=O) groups excluding carboxylic acids is 4. The van der Waals surface area contributed by atoms with Gasteiger partial charge >= 0.3 is 23.9 Å². The zero-order valence-electron chi connectivity index (χ0n) is 21.0. The minimum Gasteiger partial charge on any atom is -0.463 e. The number of aliphatic hydroxyl groups excluding tert-OH is 2. The van der Waals surface area contributed by atoms with Gasteiger partial charge in [0.1, 0.15) is 43.7 Å². The molecule has 6 unspecified atom stereocenters. The number of rotatable bonds is 9. The fraction of sp³-hybridized carbons (Fsp3) is 0.818. The van der Waals surface area contributed by atoms with Crippen molar-refractivity contribution >= 4 is 23.9 Å². The highest BCUT2D eigenvalue weighted by atomic mass is 16.8. The summed E-state index contributed by atoms with van der Waals surface area (Å²) < 4.78 is 43.2. The minimum absolute atomic E-state index is 0.234. The first-order valence-electron chi connectivity index (χ1n) is 11.3. The average molecular weight is 523 g/mol. The fourth-order valence-corrected chi connectivity index (χ4v) is 3.93. The van der Waals surface area contributed by atoms with Gasteiger partial charge in [-0.25, -0.2) is 0 Å². The normalized spacial score (nSPS) is 36.4. The Balaban J connectivity index is 2.37. The van der Waals surface area contributed by atoms with Crippen molar-refractivity contribution in [2.24, 2.45) is 5.92 Å². The number of aliphatic hydroxyl groups is 2. The zero-order valence-corrected chi connectivity index (χ0v) is 21.0. The molecule has 2 heterocycles. The van der Waals surface area contributed by atoms with E-state index >= 15 is 0 Å². The van der Waals surface area contributed by atoms with E-state index in [0.717, 1.165) is 13.8 Å². The van der Waals surface area contributed by atoms with E-state index in [0.29, 0.717) is 0 Å². The van der Waals surface area contributed by atoms with Gasteiger partial charge < -0.3 is 48.1 Å². The molecule has 36 heavy (non-hydrogen) atoms. The van der Waals surface area contributed by atoms with Crippen LogP contribution in [0.3, 0.4) is 0 Å². The molecule has 2 saturated heterocycles. The summed E-state index contributed by atoms with van der Waals surface area (Å²) in [7, 11) is 1.26. The number of esters is 4. The summed E-state index contributed by atoms with van der Waals surface area (Å²) in [5, 5.41) is 21.9. The standard InChI is InChI=1S/C22H34O14/c1-9-14(7-30-10(2)23)34-22(19(16(9)27)32-12(4)25)36-18-15(8-31-11(3)24)35-21(29-6)20(17(18)28)33-13(5)26/h9,14-22,27-28H,7-8H2,1-6H3/t9-,14?,15?,16?,17?,18+,19?,20?,21+,22+/m1/s1. The van der Waals surface area contributed by atoms with Crippen LogP contribution < -0.4 is 0 Å². The maximum absolute atomic E-state index is 11.7. The molecular weight excluding hydrogens is 488 g/mol. The van der Waals surface area contributed by atoms with Crippen LogP contribution in [0.25, 0.3) is 0 Å². The van der Waals surface area contributed by atoms with E-state index < -0.39 is 85.1 Å². The second-order valence-corrected chi connectivity index (χ2v) is 8.52. The van der Waals surface area contributed by atoms with Crippen molar-refractivity contribution in [3.05, 3.63) is 0 Å². The number of carbonyl (C=O) groups is 4. The van der Waals surface area contributed by atoms with Crippen LogP contribution in [0.15, 0.2) is 0 Å². The first kappa shape index (κ1) is 29.9. The molecule has 14 nitrogen and oxygen atoms in total. The van der Waals surface area contributed by atoms with E-state index in [2.05, 4.69) is 0 Å². The Labute approximate surface area is 208 Å². The van der Waals surface area contributed by atoms with Gasteiger partial charge in [0.15, 0.2) is 24.8 Å². The molecule has 14 heteroatoms. The Bertz CT molecular complexity index is 783. The molecule has 0 aromatic rings. The maximum Gasteiger partial charge on any atom is 0.303 e. The number of hydrogen-bond donors (Lipinski definition) is 2. The topological polar surface area (TPSA) is 183 Å². The second kappa shape index (κ2) is 13.3. The van der Waals surface area contributed by atoms with Crippen LogP contribution in [0.5, 0.6) is 0 Å². The summed E-state index contributed by atoms with van der Waals surface area (Å²) in [5.74, 6) is -3.34. The zero-order chi connectivity index (χ0) is 27.2. The third kappa shape index (κ3) is 7.82. The molecule has 2 aliphatic heterocycles. The monoisotopic (exact) mass is 522 g/mol. The Morgan fingerprint density at radius 1 is 0.694 bits per heavy atom. The summed E-state index contributed by atoms with van der Waals surface area (Å²) in [5.41, 5.74) is 0. The molecule has 2 fully saturated rings. The van der Waals surface area contributed by atoms with Crippen LogP contribution in [-0.4, -0.2) is 110 Å². The van der Waals surface area contributed by atoms with Gasteiger partial charge in [-0.05, 0) is 0 Å². The number of methoxy groups -OCH3 is 1. The van der Waals surface area contributed by atoms with Crippen LogP contribution in [0.1, 0.15) is 34.6 Å². The SMILES string of the molecule is CO[C@H]1OC(COC(C)=O)[C@H](O[C@@H]2OC(COC(C)=O)[C@@H](C)C(O)C2OC(C)=O)C(O)C1OC(C)=O. The van der Waals surface area contributed by atoms with E-state index in [1.54, 1.807) is 6.92 Å². The lowest BCUT2D eigenvalue weighted by Gasteiger charge is -2.47. The molecule has 10 atom stereocenters. The fourth-order valence-electron chi connectivity index (χ4n) is 3.93. The summed E-state index contributed by atoms with van der Waals surface area (Å²) in [6.07, 6.45) is -11.7. The van der Waals surface area contributed by atoms with Crippen LogP contribution >= 0.6 is 0 Å². The molecular formula is C22H34O14. The van der Waals surface area contributed by atoms with E-state index in [1.165, 1.54) is 21.0 Å². The van der Waals surface area contributed by atoms with Gasteiger partial charge in [-0.15, -0.1) is 0 Å². The largest absolute Gasteiger partial charge is 0.463 e. The lowest BCUT2D eigenvalue weighted by atomic mass is 9.90. The Morgan fingerprint density at radius 2 is 1.17 bits per heavy atom. The molecule has 0 saturated carbocycles. The van der Waals surface area contributed by atoms with E-state index in [1.807, 2.05) is 0 Å². The van der Waals surface area contributed by atoms with Crippen LogP contribution in [0, 0.1) is 5.92 Å². The van der Waals surface area contributed by atoms with Gasteiger partial charge in [0.05, 0.1) is 0 Å². The van der Waals surface area contributed by atoms with Crippen molar-refractivity contribution in [1.82, 2.24) is 0 Å². The van der Waals surface area contributed by atoms with Gasteiger partial charge in [0.2, 0.25) is 0 Å². The average Bonchev–Trinajstić information content (AvgIpc) is 2.78. The summed E-state index contributed by atoms with van der Waals surface area (Å²) >= 11 is 0. The smallest absolute Gasteiger partial charge is 0.303 e. The third-order valence-electron chi connectivity index (χ3n) is 5.69. The maximum atomic E-state index is 11.7. The van der Waals surface area contributed by atoms with Gasteiger partial charge in [-0.1, -0.05) is 6.92 Å². The van der Waals surface area contributed by atoms with E-state index in [-0.39, 0.29) is 13.2 Å². The molecule has 0 amide bonds. The summed E-state index contributed by atoms with van der Waals surface area (Å²) in [4.78, 5) is 46.1. The lowest BCUT2D eigenvalue weighted by Crippen LogP contribution is -2.64. The highest BCUT2D eigenvalue weighted by Crippen LogP contribution is 2.33. The molecule has 0 aliphatic carbocycles. The van der Waals surface area contributed by atoms with Gasteiger partial charge in [-0.3, -0.25) is 19.2 Å².